The van der Waals surface area contributed by atoms with Crippen LogP contribution in [0, 0.1) is 0 Å². The molecule has 0 radical (unpaired) electrons. The number of nitrogens with zero attached hydrogens (tertiary/aromatic N) is 1. The van der Waals surface area contributed by atoms with E-state index in [4.69, 9.17) is 5.11 Å². The lowest BCUT2D eigenvalue weighted by Crippen LogP contribution is -2.13. The first kappa shape index (κ1) is 10.9. The lowest BCUT2D eigenvalue weighted by Gasteiger charge is -2.03. The SMILES string of the molecule is C/C(=C\C(=O)O)C(=O)Nc1cccnc1. The quantitative estimate of drug-likeness (QED) is 0.724. The average molecular weight is 206 g/mol. The zero-order valence-corrected chi connectivity index (χ0v) is 8.10. The van der Waals surface area contributed by atoms with Crippen LogP contribution in [0.5, 0.6) is 0 Å². The Morgan fingerprint density at radius 1 is 1.53 bits per heavy atom. The second kappa shape index (κ2) is 4.90. The van der Waals surface area contributed by atoms with Gasteiger partial charge in [-0.2, -0.15) is 0 Å². The molecule has 1 heterocycles. The topological polar surface area (TPSA) is 79.3 Å². The number of carboxylic acid groups (broad SMARTS) is 1. The third-order valence-electron chi connectivity index (χ3n) is 1.62. The molecule has 0 aromatic carbocycles. The number of hydrogen-bond donors (Lipinski definition) is 2. The molecule has 0 saturated heterocycles. The smallest absolute Gasteiger partial charge is 0.328 e. The van der Waals surface area contributed by atoms with Crippen molar-refractivity contribution < 1.29 is 14.7 Å². The fourth-order valence-corrected chi connectivity index (χ4v) is 0.917. The first-order chi connectivity index (χ1) is 7.09. The molecule has 0 atom stereocenters. The van der Waals surface area contributed by atoms with Crippen LogP contribution in [0.2, 0.25) is 0 Å². The number of hydrogen-bond acceptors (Lipinski definition) is 3. The van der Waals surface area contributed by atoms with E-state index in [-0.39, 0.29) is 5.57 Å². The summed E-state index contributed by atoms with van der Waals surface area (Å²) in [6, 6.07) is 3.34. The molecule has 1 aromatic rings. The van der Waals surface area contributed by atoms with Crippen LogP contribution in [-0.2, 0) is 9.59 Å². The van der Waals surface area contributed by atoms with Gasteiger partial charge in [0.25, 0.3) is 5.91 Å². The summed E-state index contributed by atoms with van der Waals surface area (Å²) < 4.78 is 0. The molecular weight excluding hydrogens is 196 g/mol. The number of amides is 1. The van der Waals surface area contributed by atoms with Crippen molar-refractivity contribution in [1.29, 1.82) is 0 Å². The van der Waals surface area contributed by atoms with Crippen LogP contribution in [-0.4, -0.2) is 22.0 Å². The molecule has 1 aromatic heterocycles. The van der Waals surface area contributed by atoms with Gasteiger partial charge in [-0.1, -0.05) is 0 Å². The Kier molecular flexibility index (Phi) is 3.56. The van der Waals surface area contributed by atoms with Crippen molar-refractivity contribution >= 4 is 17.6 Å². The van der Waals surface area contributed by atoms with E-state index in [1.54, 1.807) is 18.3 Å². The van der Waals surface area contributed by atoms with Crippen molar-refractivity contribution in [3.63, 3.8) is 0 Å². The lowest BCUT2D eigenvalue weighted by atomic mass is 10.2. The number of pyridine rings is 1. The van der Waals surface area contributed by atoms with Crippen LogP contribution >= 0.6 is 0 Å². The first-order valence-electron chi connectivity index (χ1n) is 4.22. The molecule has 0 aliphatic carbocycles. The van der Waals surface area contributed by atoms with E-state index in [1.165, 1.54) is 13.1 Å². The zero-order chi connectivity index (χ0) is 11.3. The average Bonchev–Trinajstić information content (AvgIpc) is 2.18. The van der Waals surface area contributed by atoms with Gasteiger partial charge in [0.1, 0.15) is 0 Å². The second-order valence-corrected chi connectivity index (χ2v) is 2.86. The van der Waals surface area contributed by atoms with Crippen molar-refractivity contribution in [3.8, 4) is 0 Å². The number of carboxylic acids is 1. The normalized spacial score (nSPS) is 10.9. The number of carbonyl (C=O) groups excluding carboxylic acids is 1. The minimum Gasteiger partial charge on any atom is -0.478 e. The van der Waals surface area contributed by atoms with Gasteiger partial charge in [0, 0.05) is 17.8 Å². The fraction of sp³-hybridized carbons (Fsp3) is 0.100. The number of carbonyl (C=O) groups is 2. The molecule has 1 amide bonds. The van der Waals surface area contributed by atoms with Crippen molar-refractivity contribution in [2.45, 2.75) is 6.92 Å². The number of nitrogens with one attached hydrogen (secondary N) is 1. The van der Waals surface area contributed by atoms with Crippen molar-refractivity contribution in [2.24, 2.45) is 0 Å². The molecule has 0 bridgehead atoms. The molecule has 0 unspecified atom stereocenters. The van der Waals surface area contributed by atoms with Crippen LogP contribution < -0.4 is 5.32 Å². The maximum absolute atomic E-state index is 11.4. The molecule has 1 rings (SSSR count). The zero-order valence-electron chi connectivity index (χ0n) is 8.10. The summed E-state index contributed by atoms with van der Waals surface area (Å²) in [5, 5.41) is 10.9. The number of aliphatic carboxylic acids is 1. The van der Waals surface area contributed by atoms with Gasteiger partial charge in [-0.3, -0.25) is 9.78 Å². The Hall–Kier alpha value is -2.17. The second-order valence-electron chi connectivity index (χ2n) is 2.86. The van der Waals surface area contributed by atoms with Crippen LogP contribution in [0.1, 0.15) is 6.92 Å². The Morgan fingerprint density at radius 2 is 2.27 bits per heavy atom. The summed E-state index contributed by atoms with van der Waals surface area (Å²) in [7, 11) is 0. The highest BCUT2D eigenvalue weighted by atomic mass is 16.4. The van der Waals surface area contributed by atoms with Crippen molar-refractivity contribution in [1.82, 2.24) is 4.98 Å². The number of aromatic nitrogens is 1. The molecule has 0 aliphatic rings. The van der Waals surface area contributed by atoms with Gasteiger partial charge in [0.15, 0.2) is 0 Å². The Labute approximate surface area is 86.5 Å². The van der Waals surface area contributed by atoms with E-state index in [9.17, 15) is 9.59 Å². The lowest BCUT2D eigenvalue weighted by molar-refractivity contribution is -0.131. The maximum atomic E-state index is 11.4. The standard InChI is InChI=1S/C10H10N2O3/c1-7(5-9(13)14)10(15)12-8-3-2-4-11-6-8/h2-6H,1H3,(H,12,15)(H,13,14)/b7-5+. The summed E-state index contributed by atoms with van der Waals surface area (Å²) in [5.41, 5.74) is 0.659. The highest BCUT2D eigenvalue weighted by Gasteiger charge is 2.05. The van der Waals surface area contributed by atoms with Crippen molar-refractivity contribution in [3.05, 3.63) is 36.2 Å². The molecule has 0 aliphatic heterocycles. The van der Waals surface area contributed by atoms with E-state index in [2.05, 4.69) is 10.3 Å². The summed E-state index contributed by atoms with van der Waals surface area (Å²) in [4.78, 5) is 25.5. The molecule has 5 heteroatoms. The van der Waals surface area contributed by atoms with Gasteiger partial charge in [0.2, 0.25) is 0 Å². The summed E-state index contributed by atoms with van der Waals surface area (Å²) in [5.74, 6) is -1.60. The monoisotopic (exact) mass is 206 g/mol. The maximum Gasteiger partial charge on any atom is 0.328 e. The third kappa shape index (κ3) is 3.60. The third-order valence-corrected chi connectivity index (χ3v) is 1.62. The number of rotatable bonds is 3. The van der Waals surface area contributed by atoms with Gasteiger partial charge in [-0.15, -0.1) is 0 Å². The van der Waals surface area contributed by atoms with Gasteiger partial charge in [0.05, 0.1) is 11.9 Å². The highest BCUT2D eigenvalue weighted by Crippen LogP contribution is 2.05. The van der Waals surface area contributed by atoms with E-state index in [0.717, 1.165) is 6.08 Å². The molecular formula is C10H10N2O3. The molecule has 2 N–H and O–H groups in total. The van der Waals surface area contributed by atoms with Crippen LogP contribution in [0.3, 0.4) is 0 Å². The molecule has 0 spiro atoms. The Bertz CT molecular complexity index is 398. The number of anilines is 1. The van der Waals surface area contributed by atoms with Gasteiger partial charge < -0.3 is 10.4 Å². The first-order valence-corrected chi connectivity index (χ1v) is 4.22. The van der Waals surface area contributed by atoms with Crippen LogP contribution in [0.15, 0.2) is 36.2 Å². The summed E-state index contributed by atoms with van der Waals surface area (Å²) >= 11 is 0. The van der Waals surface area contributed by atoms with E-state index in [1.807, 2.05) is 0 Å². The fourth-order valence-electron chi connectivity index (χ4n) is 0.917. The molecule has 15 heavy (non-hydrogen) atoms. The molecule has 5 nitrogen and oxygen atoms in total. The predicted molar refractivity (Wildman–Crippen MR) is 54.3 cm³/mol. The highest BCUT2D eigenvalue weighted by molar-refractivity contribution is 6.06. The molecule has 0 saturated carbocycles. The largest absolute Gasteiger partial charge is 0.478 e. The Morgan fingerprint density at radius 3 is 2.80 bits per heavy atom. The predicted octanol–water partition coefficient (Wildman–Crippen LogP) is 1.05. The molecule has 78 valence electrons. The van der Waals surface area contributed by atoms with Gasteiger partial charge in [-0.25, -0.2) is 4.79 Å². The van der Waals surface area contributed by atoms with E-state index >= 15 is 0 Å². The van der Waals surface area contributed by atoms with E-state index < -0.39 is 11.9 Å². The summed E-state index contributed by atoms with van der Waals surface area (Å²) in [6.07, 6.45) is 3.91. The van der Waals surface area contributed by atoms with Crippen LogP contribution in [0.25, 0.3) is 0 Å². The van der Waals surface area contributed by atoms with Crippen LogP contribution in [0.4, 0.5) is 5.69 Å². The minimum absolute atomic E-state index is 0.131. The minimum atomic E-state index is -1.14. The van der Waals surface area contributed by atoms with Gasteiger partial charge >= 0.3 is 5.97 Å². The Balaban J connectivity index is 2.68. The van der Waals surface area contributed by atoms with Gasteiger partial charge in [-0.05, 0) is 19.1 Å². The van der Waals surface area contributed by atoms with Crippen molar-refractivity contribution in [2.75, 3.05) is 5.32 Å². The molecule has 0 fully saturated rings. The summed E-state index contributed by atoms with van der Waals surface area (Å²) in [6.45, 7) is 1.43. The van der Waals surface area contributed by atoms with E-state index in [0.29, 0.717) is 5.69 Å².